The Bertz CT molecular complexity index is 183. The lowest BCUT2D eigenvalue weighted by Gasteiger charge is -2.34. The van der Waals surface area contributed by atoms with E-state index in [1.807, 2.05) is 0 Å². The molecule has 2 N–H and O–H groups in total. The molecule has 1 fully saturated rings. The number of likely N-dealkylation sites (tertiary alicyclic amines) is 1. The average molecular weight is 186 g/mol. The largest absolute Gasteiger partial charge is 0.392 e. The van der Waals surface area contributed by atoms with Crippen LogP contribution in [0.2, 0.25) is 0 Å². The summed E-state index contributed by atoms with van der Waals surface area (Å²) in [6.07, 6.45) is 3.11. The average Bonchev–Trinajstić information content (AvgIpc) is 2.04. The van der Waals surface area contributed by atoms with Crippen molar-refractivity contribution >= 4 is 23.1 Å². The smallest absolute Gasteiger partial charge is 0.220 e. The van der Waals surface area contributed by atoms with Crippen LogP contribution in [0.3, 0.4) is 0 Å². The van der Waals surface area contributed by atoms with Crippen molar-refractivity contribution in [1.82, 2.24) is 4.90 Å². The molecule has 1 rings (SSSR count). The first-order chi connectivity index (χ1) is 5.63. The summed E-state index contributed by atoms with van der Waals surface area (Å²) in [6, 6.07) is 0.00579. The third-order valence-electron chi connectivity index (χ3n) is 2.24. The molecule has 0 aromatic heterocycles. The Balaban J connectivity index is 2.67. The normalized spacial score (nSPS) is 23.8. The van der Waals surface area contributed by atoms with Gasteiger partial charge in [0, 0.05) is 13.5 Å². The fraction of sp³-hybridized carbons (Fsp3) is 0.750. The summed E-state index contributed by atoms with van der Waals surface area (Å²) < 4.78 is 0. The number of rotatable bonds is 1. The van der Waals surface area contributed by atoms with Gasteiger partial charge < -0.3 is 10.6 Å². The molecule has 0 radical (unpaired) electrons. The van der Waals surface area contributed by atoms with Crippen LogP contribution in [0, 0.1) is 0 Å². The van der Waals surface area contributed by atoms with Gasteiger partial charge in [0.05, 0.1) is 11.0 Å². The van der Waals surface area contributed by atoms with E-state index in [9.17, 15) is 4.79 Å². The topological polar surface area (TPSA) is 46.3 Å². The van der Waals surface area contributed by atoms with Crippen LogP contribution in [0.1, 0.15) is 26.2 Å². The minimum atomic E-state index is 0.00579. The number of thiocarbonyl (C=S) groups is 1. The zero-order valence-corrected chi connectivity index (χ0v) is 8.06. The lowest BCUT2D eigenvalue weighted by atomic mass is 10.0. The maximum absolute atomic E-state index is 11.1. The van der Waals surface area contributed by atoms with Crippen molar-refractivity contribution in [2.45, 2.75) is 32.2 Å². The summed E-state index contributed by atoms with van der Waals surface area (Å²) in [6.45, 7) is 2.37. The van der Waals surface area contributed by atoms with E-state index in [0.29, 0.717) is 4.99 Å². The number of hydrogen-bond acceptors (Lipinski definition) is 2. The maximum atomic E-state index is 11.1. The zero-order valence-electron chi connectivity index (χ0n) is 7.25. The molecule has 1 amide bonds. The molecule has 12 heavy (non-hydrogen) atoms. The van der Waals surface area contributed by atoms with Gasteiger partial charge in [0.25, 0.3) is 0 Å². The van der Waals surface area contributed by atoms with Crippen molar-refractivity contribution < 1.29 is 4.79 Å². The Morgan fingerprint density at radius 1 is 1.58 bits per heavy atom. The second-order valence-electron chi connectivity index (χ2n) is 3.13. The number of nitrogens with two attached hydrogens (primary N) is 1. The van der Waals surface area contributed by atoms with Gasteiger partial charge in [-0.2, -0.15) is 0 Å². The number of carbonyl (C=O) groups is 1. The summed E-state index contributed by atoms with van der Waals surface area (Å²) >= 11 is 4.90. The molecule has 68 valence electrons. The number of piperidine rings is 1. The highest BCUT2D eigenvalue weighted by Gasteiger charge is 2.25. The number of carbonyl (C=O) groups excluding carboxylic acids is 1. The van der Waals surface area contributed by atoms with Gasteiger partial charge in [-0.15, -0.1) is 0 Å². The fourth-order valence-corrected chi connectivity index (χ4v) is 1.85. The molecule has 4 heteroatoms. The Labute approximate surface area is 77.9 Å². The van der Waals surface area contributed by atoms with E-state index in [1.165, 1.54) is 0 Å². The van der Waals surface area contributed by atoms with Crippen LogP contribution in [0.5, 0.6) is 0 Å². The molecule has 1 heterocycles. The third kappa shape index (κ3) is 1.94. The van der Waals surface area contributed by atoms with Crippen LogP contribution in [-0.2, 0) is 4.79 Å². The van der Waals surface area contributed by atoms with Crippen LogP contribution < -0.4 is 5.73 Å². The number of hydrogen-bond donors (Lipinski definition) is 1. The highest BCUT2D eigenvalue weighted by atomic mass is 32.1. The zero-order chi connectivity index (χ0) is 9.14. The minimum absolute atomic E-state index is 0.00579. The van der Waals surface area contributed by atoms with Gasteiger partial charge in [-0.25, -0.2) is 0 Å². The van der Waals surface area contributed by atoms with Crippen molar-refractivity contribution in [2.75, 3.05) is 6.54 Å². The quantitative estimate of drug-likeness (QED) is 0.612. The van der Waals surface area contributed by atoms with Gasteiger partial charge in [-0.05, 0) is 19.3 Å². The van der Waals surface area contributed by atoms with Crippen molar-refractivity contribution in [3.05, 3.63) is 0 Å². The van der Waals surface area contributed by atoms with Crippen LogP contribution in [-0.4, -0.2) is 28.4 Å². The Morgan fingerprint density at radius 3 is 2.67 bits per heavy atom. The van der Waals surface area contributed by atoms with Gasteiger partial charge in [0.15, 0.2) is 0 Å². The third-order valence-corrected chi connectivity index (χ3v) is 2.51. The molecule has 0 aliphatic carbocycles. The first-order valence-electron chi connectivity index (χ1n) is 4.19. The lowest BCUT2D eigenvalue weighted by Crippen LogP contribution is -2.48. The van der Waals surface area contributed by atoms with E-state index in [1.54, 1.807) is 11.8 Å². The minimum Gasteiger partial charge on any atom is -0.392 e. The molecule has 0 spiro atoms. The fourth-order valence-electron chi connectivity index (χ4n) is 1.60. The lowest BCUT2D eigenvalue weighted by molar-refractivity contribution is -0.130. The van der Waals surface area contributed by atoms with E-state index >= 15 is 0 Å². The maximum Gasteiger partial charge on any atom is 0.220 e. The van der Waals surface area contributed by atoms with Gasteiger partial charge in [0.1, 0.15) is 0 Å². The van der Waals surface area contributed by atoms with Crippen LogP contribution in [0.4, 0.5) is 0 Å². The molecule has 0 bridgehead atoms. The molecular formula is C8H14N2OS. The highest BCUT2D eigenvalue weighted by Crippen LogP contribution is 2.16. The Morgan fingerprint density at radius 2 is 2.25 bits per heavy atom. The SMILES string of the molecule is CC(=O)N1CCCCC1C(N)=S. The van der Waals surface area contributed by atoms with E-state index in [-0.39, 0.29) is 11.9 Å². The summed E-state index contributed by atoms with van der Waals surface area (Å²) in [4.78, 5) is 13.3. The van der Waals surface area contributed by atoms with E-state index < -0.39 is 0 Å². The molecular weight excluding hydrogens is 172 g/mol. The molecule has 1 saturated heterocycles. The summed E-state index contributed by atoms with van der Waals surface area (Å²) in [7, 11) is 0. The van der Waals surface area contributed by atoms with E-state index in [0.717, 1.165) is 25.8 Å². The van der Waals surface area contributed by atoms with Gasteiger partial charge in [0.2, 0.25) is 5.91 Å². The van der Waals surface area contributed by atoms with Gasteiger partial charge in [-0.3, -0.25) is 4.79 Å². The first kappa shape index (κ1) is 9.45. The number of nitrogens with zero attached hydrogens (tertiary/aromatic N) is 1. The van der Waals surface area contributed by atoms with Crippen LogP contribution in [0.25, 0.3) is 0 Å². The monoisotopic (exact) mass is 186 g/mol. The molecule has 0 saturated carbocycles. The van der Waals surface area contributed by atoms with Crippen molar-refractivity contribution in [3.8, 4) is 0 Å². The highest BCUT2D eigenvalue weighted by molar-refractivity contribution is 7.80. The Kier molecular flexibility index (Phi) is 3.03. The van der Waals surface area contributed by atoms with Crippen LogP contribution in [0.15, 0.2) is 0 Å². The van der Waals surface area contributed by atoms with Crippen molar-refractivity contribution in [3.63, 3.8) is 0 Å². The standard InChI is InChI=1S/C8H14N2OS/c1-6(11)10-5-3-2-4-7(10)8(9)12/h7H,2-5H2,1H3,(H2,9,12). The predicted molar refractivity (Wildman–Crippen MR) is 51.8 cm³/mol. The van der Waals surface area contributed by atoms with Crippen molar-refractivity contribution in [2.24, 2.45) is 5.73 Å². The van der Waals surface area contributed by atoms with E-state index in [4.69, 9.17) is 18.0 Å². The van der Waals surface area contributed by atoms with Gasteiger partial charge in [-0.1, -0.05) is 12.2 Å². The van der Waals surface area contributed by atoms with Crippen molar-refractivity contribution in [1.29, 1.82) is 0 Å². The van der Waals surface area contributed by atoms with E-state index in [2.05, 4.69) is 0 Å². The number of amides is 1. The molecule has 0 aromatic carbocycles. The second-order valence-corrected chi connectivity index (χ2v) is 3.60. The molecule has 1 aliphatic rings. The molecule has 0 aromatic rings. The first-order valence-corrected chi connectivity index (χ1v) is 4.60. The predicted octanol–water partition coefficient (Wildman–Crippen LogP) is 0.674. The molecule has 3 nitrogen and oxygen atoms in total. The van der Waals surface area contributed by atoms with Gasteiger partial charge >= 0.3 is 0 Å². The molecule has 1 unspecified atom stereocenters. The Hall–Kier alpha value is -0.640. The summed E-state index contributed by atoms with van der Waals surface area (Å²) in [5, 5.41) is 0. The summed E-state index contributed by atoms with van der Waals surface area (Å²) in [5.41, 5.74) is 5.53. The molecule has 1 atom stereocenters. The summed E-state index contributed by atoms with van der Waals surface area (Å²) in [5.74, 6) is 0.0764. The molecule has 1 aliphatic heterocycles. The van der Waals surface area contributed by atoms with Crippen LogP contribution >= 0.6 is 12.2 Å². The second kappa shape index (κ2) is 3.85.